The third kappa shape index (κ3) is 6.66. The van der Waals surface area contributed by atoms with Crippen LogP contribution in [0.3, 0.4) is 0 Å². The molecule has 0 aliphatic heterocycles. The summed E-state index contributed by atoms with van der Waals surface area (Å²) in [4.78, 5) is 23.4. The number of nitrogens with one attached hydrogen (secondary N) is 1. The first kappa shape index (κ1) is 24.5. The molecule has 34 heavy (non-hydrogen) atoms. The number of hydrazone groups is 1. The van der Waals surface area contributed by atoms with Crippen LogP contribution in [0.4, 0.5) is 5.69 Å². The predicted octanol–water partition coefficient (Wildman–Crippen LogP) is 2.20. The number of hydrogen-bond donors (Lipinski definition) is 2. The second-order valence-electron chi connectivity index (χ2n) is 7.28. The molecule has 10 heteroatoms. The van der Waals surface area contributed by atoms with E-state index in [2.05, 4.69) is 10.5 Å². The number of nitrogens with two attached hydrogens (primary N) is 1. The zero-order chi connectivity index (χ0) is 24.6. The van der Waals surface area contributed by atoms with Gasteiger partial charge in [-0.05, 0) is 61.0 Å². The standard InChI is InChI=1S/C24H24N4O5S/c1-18-7-13-22(14-8-18)34(31,32)28(20-5-3-2-4-6-20)16-24(30)27-26-15-19-9-11-21(12-10-19)33-17-23(25)29/h2-15H,16-17H2,1H3,(H2,25,29)(H,27,30)/b26-15-. The molecule has 0 aliphatic rings. The molecule has 0 saturated heterocycles. The third-order valence-corrected chi connectivity index (χ3v) is 6.39. The largest absolute Gasteiger partial charge is 0.484 e. The molecule has 0 bridgehead atoms. The highest BCUT2D eigenvalue weighted by Crippen LogP contribution is 2.23. The molecule has 0 fully saturated rings. The van der Waals surface area contributed by atoms with Crippen LogP contribution in [0.1, 0.15) is 11.1 Å². The van der Waals surface area contributed by atoms with Crippen molar-refractivity contribution in [2.75, 3.05) is 17.5 Å². The number of aryl methyl sites for hydroxylation is 1. The highest BCUT2D eigenvalue weighted by Gasteiger charge is 2.27. The lowest BCUT2D eigenvalue weighted by Gasteiger charge is -2.23. The Hall–Kier alpha value is -4.18. The highest BCUT2D eigenvalue weighted by molar-refractivity contribution is 7.92. The zero-order valence-corrected chi connectivity index (χ0v) is 19.2. The lowest BCUT2D eigenvalue weighted by Crippen LogP contribution is -2.39. The number of para-hydroxylation sites is 1. The topological polar surface area (TPSA) is 131 Å². The molecule has 0 aliphatic carbocycles. The Morgan fingerprint density at radius 1 is 1.00 bits per heavy atom. The van der Waals surface area contributed by atoms with Gasteiger partial charge in [0, 0.05) is 0 Å². The van der Waals surface area contributed by atoms with Gasteiger partial charge in [0.25, 0.3) is 21.8 Å². The van der Waals surface area contributed by atoms with E-state index in [-0.39, 0.29) is 11.5 Å². The number of amides is 2. The molecule has 0 aromatic heterocycles. The van der Waals surface area contributed by atoms with E-state index in [1.54, 1.807) is 66.7 Å². The maximum Gasteiger partial charge on any atom is 0.264 e. The molecule has 0 atom stereocenters. The Balaban J connectivity index is 1.70. The summed E-state index contributed by atoms with van der Waals surface area (Å²) < 4.78 is 32.7. The number of benzene rings is 3. The molecule has 0 spiro atoms. The molecule has 3 rings (SSSR count). The van der Waals surface area contributed by atoms with Gasteiger partial charge in [-0.25, -0.2) is 13.8 Å². The van der Waals surface area contributed by atoms with Crippen molar-refractivity contribution in [1.29, 1.82) is 0 Å². The molecule has 0 heterocycles. The van der Waals surface area contributed by atoms with Crippen LogP contribution in [-0.2, 0) is 19.6 Å². The van der Waals surface area contributed by atoms with Crippen LogP contribution < -0.4 is 20.2 Å². The van der Waals surface area contributed by atoms with Gasteiger partial charge >= 0.3 is 0 Å². The predicted molar refractivity (Wildman–Crippen MR) is 129 cm³/mol. The SMILES string of the molecule is Cc1ccc(S(=O)(=O)N(CC(=O)N/N=C\c2ccc(OCC(N)=O)cc2)c2ccccc2)cc1. The molecule has 176 valence electrons. The number of sulfonamides is 1. The van der Waals surface area contributed by atoms with Gasteiger partial charge in [0.05, 0.1) is 16.8 Å². The Labute approximate surface area is 197 Å². The molecule has 3 aromatic carbocycles. The van der Waals surface area contributed by atoms with Crippen molar-refractivity contribution in [2.24, 2.45) is 10.8 Å². The summed E-state index contributed by atoms with van der Waals surface area (Å²) in [6.45, 7) is 1.17. The third-order valence-electron chi connectivity index (χ3n) is 4.60. The summed E-state index contributed by atoms with van der Waals surface area (Å²) in [7, 11) is -3.99. The van der Waals surface area contributed by atoms with E-state index in [0.29, 0.717) is 17.0 Å². The van der Waals surface area contributed by atoms with E-state index in [0.717, 1.165) is 9.87 Å². The number of nitrogens with zero attached hydrogens (tertiary/aromatic N) is 2. The maximum absolute atomic E-state index is 13.3. The molecule has 2 amide bonds. The van der Waals surface area contributed by atoms with Crippen molar-refractivity contribution in [1.82, 2.24) is 5.43 Å². The molecular weight excluding hydrogens is 456 g/mol. The number of ether oxygens (including phenoxy) is 1. The fourth-order valence-corrected chi connectivity index (χ4v) is 4.32. The van der Waals surface area contributed by atoms with Gasteiger partial charge in [-0.1, -0.05) is 35.9 Å². The van der Waals surface area contributed by atoms with Crippen molar-refractivity contribution in [3.63, 3.8) is 0 Å². The number of carbonyl (C=O) groups excluding carboxylic acids is 2. The normalized spacial score (nSPS) is 11.2. The first-order chi connectivity index (χ1) is 16.3. The van der Waals surface area contributed by atoms with Gasteiger partial charge in [0.15, 0.2) is 6.61 Å². The van der Waals surface area contributed by atoms with Gasteiger partial charge in [0.2, 0.25) is 0 Å². The average molecular weight is 481 g/mol. The maximum atomic E-state index is 13.3. The molecule has 3 aromatic rings. The van der Waals surface area contributed by atoms with Crippen molar-refractivity contribution in [3.05, 3.63) is 90.0 Å². The summed E-state index contributed by atoms with van der Waals surface area (Å²) in [6.07, 6.45) is 1.40. The van der Waals surface area contributed by atoms with E-state index < -0.39 is 28.4 Å². The highest BCUT2D eigenvalue weighted by atomic mass is 32.2. The molecule has 9 nitrogen and oxygen atoms in total. The first-order valence-electron chi connectivity index (χ1n) is 10.2. The van der Waals surface area contributed by atoms with Crippen LogP contribution in [0.15, 0.2) is 88.9 Å². The Bertz CT molecular complexity index is 1260. The Kier molecular flexibility index (Phi) is 7.99. The monoisotopic (exact) mass is 480 g/mol. The summed E-state index contributed by atoms with van der Waals surface area (Å²) in [5.41, 5.74) is 9.31. The molecular formula is C24H24N4O5S. The smallest absolute Gasteiger partial charge is 0.264 e. The van der Waals surface area contributed by atoms with Gasteiger partial charge in [-0.3, -0.25) is 13.9 Å². The lowest BCUT2D eigenvalue weighted by molar-refractivity contribution is -0.120. The minimum Gasteiger partial charge on any atom is -0.484 e. The average Bonchev–Trinajstić information content (AvgIpc) is 2.83. The number of rotatable bonds is 10. The minimum atomic E-state index is -3.99. The van der Waals surface area contributed by atoms with E-state index in [1.165, 1.54) is 18.3 Å². The quantitative estimate of drug-likeness (QED) is 0.339. The fourth-order valence-electron chi connectivity index (χ4n) is 2.90. The molecule has 0 radical (unpaired) electrons. The van der Waals surface area contributed by atoms with E-state index in [9.17, 15) is 18.0 Å². The molecule has 0 saturated carbocycles. The van der Waals surface area contributed by atoms with Crippen LogP contribution in [0.2, 0.25) is 0 Å². The van der Waals surface area contributed by atoms with Crippen LogP contribution in [0.25, 0.3) is 0 Å². The number of hydrogen-bond acceptors (Lipinski definition) is 6. The summed E-state index contributed by atoms with van der Waals surface area (Å²) in [6, 6.07) is 21.4. The van der Waals surface area contributed by atoms with Crippen molar-refractivity contribution < 1.29 is 22.7 Å². The van der Waals surface area contributed by atoms with Crippen molar-refractivity contribution in [3.8, 4) is 5.75 Å². The summed E-state index contributed by atoms with van der Waals surface area (Å²) >= 11 is 0. The fraction of sp³-hybridized carbons (Fsp3) is 0.125. The lowest BCUT2D eigenvalue weighted by atomic mass is 10.2. The van der Waals surface area contributed by atoms with Crippen LogP contribution >= 0.6 is 0 Å². The second-order valence-corrected chi connectivity index (χ2v) is 9.14. The summed E-state index contributed by atoms with van der Waals surface area (Å²) in [5.74, 6) is -0.737. The van der Waals surface area contributed by atoms with Gasteiger partial charge in [-0.15, -0.1) is 0 Å². The van der Waals surface area contributed by atoms with Crippen LogP contribution in [-0.4, -0.2) is 39.6 Å². The van der Waals surface area contributed by atoms with E-state index in [4.69, 9.17) is 10.5 Å². The van der Waals surface area contributed by atoms with Crippen LogP contribution in [0.5, 0.6) is 5.75 Å². The molecule has 3 N–H and O–H groups in total. The van der Waals surface area contributed by atoms with E-state index in [1.807, 2.05) is 6.92 Å². The van der Waals surface area contributed by atoms with Crippen LogP contribution in [0, 0.1) is 6.92 Å². The summed E-state index contributed by atoms with van der Waals surface area (Å²) in [5, 5.41) is 3.90. The first-order valence-corrected chi connectivity index (χ1v) is 11.7. The number of primary amides is 1. The Morgan fingerprint density at radius 2 is 1.65 bits per heavy atom. The number of carbonyl (C=O) groups is 2. The molecule has 0 unspecified atom stereocenters. The Morgan fingerprint density at radius 3 is 2.26 bits per heavy atom. The zero-order valence-electron chi connectivity index (χ0n) is 18.4. The van der Waals surface area contributed by atoms with Gasteiger partial charge < -0.3 is 10.5 Å². The van der Waals surface area contributed by atoms with E-state index >= 15 is 0 Å². The minimum absolute atomic E-state index is 0.0805. The van der Waals surface area contributed by atoms with Crippen molar-refractivity contribution >= 4 is 33.7 Å². The van der Waals surface area contributed by atoms with Gasteiger partial charge in [-0.2, -0.15) is 5.10 Å². The second kappa shape index (κ2) is 11.1. The number of anilines is 1. The van der Waals surface area contributed by atoms with Crippen molar-refractivity contribution in [2.45, 2.75) is 11.8 Å². The van der Waals surface area contributed by atoms with Gasteiger partial charge in [0.1, 0.15) is 12.3 Å².